The average Bonchev–Trinajstić information content (AvgIpc) is 3.05. The van der Waals surface area contributed by atoms with Crippen LogP contribution in [0.5, 0.6) is 0 Å². The summed E-state index contributed by atoms with van der Waals surface area (Å²) in [6.07, 6.45) is 0. The van der Waals surface area contributed by atoms with Crippen molar-refractivity contribution in [1.29, 1.82) is 5.26 Å². The normalized spacial score (nSPS) is 27.5. The molecule has 0 spiro atoms. The van der Waals surface area contributed by atoms with Crippen LogP contribution in [0.4, 0.5) is 0 Å². The van der Waals surface area contributed by atoms with E-state index in [1.165, 1.54) is 0 Å². The maximum Gasteiger partial charge on any atom is 0.154 e. The number of nitrogens with zero attached hydrogens (tertiary/aromatic N) is 1. The predicted octanol–water partition coefficient (Wildman–Crippen LogP) is 2.38. The molecule has 0 amide bonds. The number of nitriles is 1. The lowest BCUT2D eigenvalue weighted by Crippen LogP contribution is -2.12. The van der Waals surface area contributed by atoms with Gasteiger partial charge in [0.15, 0.2) is 9.84 Å². The molecule has 17 heavy (non-hydrogen) atoms. The van der Waals surface area contributed by atoms with Crippen molar-refractivity contribution in [2.75, 3.05) is 5.75 Å². The quantitative estimate of drug-likeness (QED) is 0.846. The van der Waals surface area contributed by atoms with Crippen molar-refractivity contribution in [3.05, 3.63) is 34.9 Å². The predicted molar refractivity (Wildman–Crippen MR) is 66.5 cm³/mol. The van der Waals surface area contributed by atoms with Gasteiger partial charge in [-0.1, -0.05) is 30.7 Å². The van der Waals surface area contributed by atoms with Crippen LogP contribution in [0.1, 0.15) is 18.4 Å². The molecular formula is C12H12ClNO2S. The Kier molecular flexibility index (Phi) is 3.15. The molecule has 0 unspecified atom stereocenters. The van der Waals surface area contributed by atoms with Gasteiger partial charge in [-0.05, 0) is 17.7 Å². The second-order valence-electron chi connectivity index (χ2n) is 4.15. The van der Waals surface area contributed by atoms with Crippen LogP contribution in [-0.2, 0) is 9.84 Å². The molecule has 3 atom stereocenters. The summed E-state index contributed by atoms with van der Waals surface area (Å²) >= 11 is 5.78. The summed E-state index contributed by atoms with van der Waals surface area (Å²) in [5.41, 5.74) is 0.878. The van der Waals surface area contributed by atoms with E-state index < -0.39 is 21.0 Å². The number of hydrogen-bond acceptors (Lipinski definition) is 3. The first-order valence-electron chi connectivity index (χ1n) is 5.38. The van der Waals surface area contributed by atoms with Gasteiger partial charge in [-0.15, -0.1) is 0 Å². The Hall–Kier alpha value is -1.05. The van der Waals surface area contributed by atoms with Crippen LogP contribution < -0.4 is 0 Å². The lowest BCUT2D eigenvalue weighted by molar-refractivity contribution is 0.594. The van der Waals surface area contributed by atoms with E-state index in [0.29, 0.717) is 5.02 Å². The fourth-order valence-electron chi connectivity index (χ4n) is 2.16. The zero-order valence-electron chi connectivity index (χ0n) is 9.30. The van der Waals surface area contributed by atoms with E-state index in [1.807, 2.05) is 0 Å². The first-order chi connectivity index (χ1) is 8.01. The second-order valence-corrected chi connectivity index (χ2v) is 7.03. The molecule has 1 aliphatic carbocycles. The van der Waals surface area contributed by atoms with Crippen LogP contribution in [-0.4, -0.2) is 19.4 Å². The first kappa shape index (κ1) is 12.4. The minimum absolute atomic E-state index is 0.0833. The van der Waals surface area contributed by atoms with Crippen molar-refractivity contribution < 1.29 is 8.42 Å². The molecular weight excluding hydrogens is 258 g/mol. The molecule has 1 aromatic carbocycles. The molecule has 0 N–H and O–H groups in total. The lowest BCUT2D eigenvalue weighted by Gasteiger charge is -2.00. The van der Waals surface area contributed by atoms with Gasteiger partial charge in [0.1, 0.15) is 0 Å². The molecule has 2 rings (SSSR count). The van der Waals surface area contributed by atoms with Crippen molar-refractivity contribution >= 4 is 21.4 Å². The minimum atomic E-state index is -3.15. The van der Waals surface area contributed by atoms with E-state index in [-0.39, 0.29) is 11.7 Å². The van der Waals surface area contributed by atoms with E-state index in [4.69, 9.17) is 16.9 Å². The Morgan fingerprint density at radius 2 is 1.94 bits per heavy atom. The zero-order chi connectivity index (χ0) is 12.6. The lowest BCUT2D eigenvalue weighted by atomic mass is 10.1. The highest BCUT2D eigenvalue weighted by Gasteiger charge is 2.58. The second kappa shape index (κ2) is 4.32. The Bertz CT molecular complexity index is 559. The summed E-state index contributed by atoms with van der Waals surface area (Å²) in [7, 11) is -3.15. The third-order valence-corrected chi connectivity index (χ3v) is 5.65. The van der Waals surface area contributed by atoms with Gasteiger partial charge in [0.2, 0.25) is 0 Å². The van der Waals surface area contributed by atoms with E-state index in [0.717, 1.165) is 5.56 Å². The van der Waals surface area contributed by atoms with E-state index in [2.05, 4.69) is 6.07 Å². The van der Waals surface area contributed by atoms with Crippen molar-refractivity contribution in [3.8, 4) is 6.07 Å². The van der Waals surface area contributed by atoms with Gasteiger partial charge in [-0.3, -0.25) is 0 Å². The number of halogens is 1. The fourth-order valence-corrected chi connectivity index (χ4v) is 4.03. The molecule has 0 saturated heterocycles. The molecule has 1 aliphatic rings. The molecule has 1 saturated carbocycles. The standard InChI is InChI=1S/C12H12ClNO2S/c1-2-17(15,16)12-10(7-14)11(12)8-3-5-9(13)6-4-8/h3-6,10-12H,2H2,1H3/t10-,11-,12-/m0/s1. The van der Waals surface area contributed by atoms with Crippen LogP contribution in [0, 0.1) is 17.2 Å². The SMILES string of the molecule is CCS(=O)(=O)[C@H]1[C@@H](C#N)[C@@H]1c1ccc(Cl)cc1. The van der Waals surface area contributed by atoms with Gasteiger partial charge >= 0.3 is 0 Å². The van der Waals surface area contributed by atoms with Crippen molar-refractivity contribution in [3.63, 3.8) is 0 Å². The van der Waals surface area contributed by atoms with Crippen molar-refractivity contribution in [1.82, 2.24) is 0 Å². The van der Waals surface area contributed by atoms with Gasteiger partial charge in [0.25, 0.3) is 0 Å². The van der Waals surface area contributed by atoms with Gasteiger partial charge in [0.05, 0.1) is 17.2 Å². The van der Waals surface area contributed by atoms with Crippen LogP contribution in [0.3, 0.4) is 0 Å². The number of benzene rings is 1. The van der Waals surface area contributed by atoms with E-state index in [9.17, 15) is 8.42 Å². The van der Waals surface area contributed by atoms with Crippen LogP contribution >= 0.6 is 11.6 Å². The van der Waals surface area contributed by atoms with Crippen LogP contribution in [0.2, 0.25) is 5.02 Å². The zero-order valence-corrected chi connectivity index (χ0v) is 10.9. The molecule has 0 aliphatic heterocycles. The molecule has 90 valence electrons. The summed E-state index contributed by atoms with van der Waals surface area (Å²) in [6, 6.07) is 9.11. The third-order valence-electron chi connectivity index (χ3n) is 3.17. The van der Waals surface area contributed by atoms with Gasteiger partial charge in [0, 0.05) is 16.7 Å². The van der Waals surface area contributed by atoms with Gasteiger partial charge in [-0.25, -0.2) is 8.42 Å². The van der Waals surface area contributed by atoms with Crippen LogP contribution in [0.25, 0.3) is 0 Å². The number of rotatable bonds is 3. The maximum absolute atomic E-state index is 11.8. The maximum atomic E-state index is 11.8. The van der Waals surface area contributed by atoms with Gasteiger partial charge < -0.3 is 0 Å². The van der Waals surface area contributed by atoms with E-state index >= 15 is 0 Å². The monoisotopic (exact) mass is 269 g/mol. The number of sulfone groups is 1. The average molecular weight is 270 g/mol. The molecule has 5 heteroatoms. The third kappa shape index (κ3) is 2.18. The summed E-state index contributed by atoms with van der Waals surface area (Å²) < 4.78 is 23.6. The topological polar surface area (TPSA) is 57.9 Å². The largest absolute Gasteiger partial charge is 0.228 e. The highest BCUT2D eigenvalue weighted by atomic mass is 35.5. The van der Waals surface area contributed by atoms with Crippen LogP contribution in [0.15, 0.2) is 24.3 Å². The smallest absolute Gasteiger partial charge is 0.154 e. The molecule has 0 radical (unpaired) electrons. The number of hydrogen-bond donors (Lipinski definition) is 0. The fraction of sp³-hybridized carbons (Fsp3) is 0.417. The van der Waals surface area contributed by atoms with E-state index in [1.54, 1.807) is 31.2 Å². The minimum Gasteiger partial charge on any atom is -0.228 e. The molecule has 1 fully saturated rings. The summed E-state index contributed by atoms with van der Waals surface area (Å²) in [6.45, 7) is 1.61. The first-order valence-corrected chi connectivity index (χ1v) is 7.47. The Balaban J connectivity index is 2.30. The van der Waals surface area contributed by atoms with Crippen molar-refractivity contribution in [2.45, 2.75) is 18.1 Å². The highest BCUT2D eigenvalue weighted by molar-refractivity contribution is 7.92. The van der Waals surface area contributed by atoms with Crippen molar-refractivity contribution in [2.24, 2.45) is 5.92 Å². The Morgan fingerprint density at radius 3 is 2.41 bits per heavy atom. The molecule has 0 heterocycles. The highest BCUT2D eigenvalue weighted by Crippen LogP contribution is 2.52. The summed E-state index contributed by atoms with van der Waals surface area (Å²) in [5, 5.41) is 9.05. The summed E-state index contributed by atoms with van der Waals surface area (Å²) in [5.74, 6) is -0.525. The Labute approximate surface area is 106 Å². The summed E-state index contributed by atoms with van der Waals surface area (Å²) in [4.78, 5) is 0. The molecule has 0 bridgehead atoms. The molecule has 1 aromatic rings. The van der Waals surface area contributed by atoms with Gasteiger partial charge in [-0.2, -0.15) is 5.26 Å². The molecule has 0 aromatic heterocycles. The molecule has 3 nitrogen and oxygen atoms in total. The Morgan fingerprint density at radius 1 is 1.35 bits per heavy atom.